The van der Waals surface area contributed by atoms with Gasteiger partial charge in [0.15, 0.2) is 0 Å². The third-order valence-electron chi connectivity index (χ3n) is 3.15. The lowest BCUT2D eigenvalue weighted by molar-refractivity contribution is -0.129. The molecule has 0 bridgehead atoms. The zero-order valence-corrected chi connectivity index (χ0v) is 13.9. The van der Waals surface area contributed by atoms with Crippen molar-refractivity contribution < 1.29 is 9.53 Å². The second-order valence-corrected chi connectivity index (χ2v) is 5.59. The minimum absolute atomic E-state index is 0. The Morgan fingerprint density at radius 3 is 2.90 bits per heavy atom. The van der Waals surface area contributed by atoms with Gasteiger partial charge in [-0.15, -0.1) is 23.7 Å². The quantitative estimate of drug-likeness (QED) is 0.794. The molecule has 0 aliphatic heterocycles. The molecule has 0 spiro atoms. The Bertz CT molecular complexity index is 574. The first-order chi connectivity index (χ1) is 9.72. The molecule has 21 heavy (non-hydrogen) atoms. The highest BCUT2D eigenvalue weighted by Crippen LogP contribution is 2.26. The number of amides is 1. The smallest absolute Gasteiger partial charge is 0.236 e. The topological polar surface area (TPSA) is 41.6 Å². The zero-order valence-electron chi connectivity index (χ0n) is 12.3. The summed E-state index contributed by atoms with van der Waals surface area (Å²) in [6.07, 6.45) is 0. The number of fused-ring (bicyclic) bond motifs is 1. The maximum absolute atomic E-state index is 12.0. The first kappa shape index (κ1) is 17.9. The van der Waals surface area contributed by atoms with Gasteiger partial charge >= 0.3 is 0 Å². The van der Waals surface area contributed by atoms with Crippen LogP contribution < -0.4 is 5.32 Å². The van der Waals surface area contributed by atoms with E-state index in [1.165, 1.54) is 15.6 Å². The fraction of sp³-hybridized carbons (Fsp3) is 0.400. The third kappa shape index (κ3) is 4.97. The van der Waals surface area contributed by atoms with Crippen molar-refractivity contribution in [1.29, 1.82) is 0 Å². The third-order valence-corrected chi connectivity index (χ3v) is 4.17. The average molecular weight is 329 g/mol. The van der Waals surface area contributed by atoms with E-state index in [1.807, 2.05) is 19.2 Å². The molecule has 0 saturated carbocycles. The molecule has 1 amide bonds. The molecule has 2 aromatic rings. The molecule has 0 radical (unpaired) electrons. The number of thiophene rings is 1. The number of nitrogens with one attached hydrogen (secondary N) is 1. The lowest BCUT2D eigenvalue weighted by Crippen LogP contribution is -2.36. The Balaban J connectivity index is 0.00000220. The highest BCUT2D eigenvalue weighted by molar-refractivity contribution is 7.17. The van der Waals surface area contributed by atoms with Crippen molar-refractivity contribution in [3.63, 3.8) is 0 Å². The normalized spacial score (nSPS) is 10.4. The van der Waals surface area contributed by atoms with Crippen LogP contribution in [0.5, 0.6) is 0 Å². The van der Waals surface area contributed by atoms with E-state index in [0.29, 0.717) is 26.2 Å². The summed E-state index contributed by atoms with van der Waals surface area (Å²) in [5, 5.41) is 6.44. The van der Waals surface area contributed by atoms with Gasteiger partial charge in [-0.05, 0) is 22.4 Å². The van der Waals surface area contributed by atoms with Crippen LogP contribution in [0.3, 0.4) is 0 Å². The minimum atomic E-state index is 0. The number of carbonyl (C=O) groups excluding carboxylic acids is 1. The number of hydrogen-bond acceptors (Lipinski definition) is 4. The molecule has 0 unspecified atom stereocenters. The van der Waals surface area contributed by atoms with Gasteiger partial charge in [-0.2, -0.15) is 0 Å². The van der Waals surface area contributed by atoms with Gasteiger partial charge in [-0.3, -0.25) is 4.79 Å². The van der Waals surface area contributed by atoms with Crippen molar-refractivity contribution in [3.8, 4) is 0 Å². The molecule has 1 heterocycles. The monoisotopic (exact) mass is 328 g/mol. The van der Waals surface area contributed by atoms with Crippen LogP contribution in [0.15, 0.2) is 29.6 Å². The summed E-state index contributed by atoms with van der Waals surface area (Å²) >= 11 is 1.72. The van der Waals surface area contributed by atoms with Gasteiger partial charge in [0.25, 0.3) is 0 Å². The second-order valence-electron chi connectivity index (χ2n) is 4.68. The van der Waals surface area contributed by atoms with E-state index in [4.69, 9.17) is 4.74 Å². The van der Waals surface area contributed by atoms with Gasteiger partial charge in [0.05, 0.1) is 13.2 Å². The van der Waals surface area contributed by atoms with Gasteiger partial charge in [-0.25, -0.2) is 0 Å². The predicted molar refractivity (Wildman–Crippen MR) is 90.3 cm³/mol. The second kappa shape index (κ2) is 9.00. The fourth-order valence-corrected chi connectivity index (χ4v) is 2.96. The summed E-state index contributed by atoms with van der Waals surface area (Å²) in [4.78, 5) is 13.8. The summed E-state index contributed by atoms with van der Waals surface area (Å²) in [5.74, 6) is 0.0939. The summed E-state index contributed by atoms with van der Waals surface area (Å²) in [5.41, 5.74) is 1.21. The Morgan fingerprint density at radius 1 is 1.38 bits per heavy atom. The van der Waals surface area contributed by atoms with Crippen molar-refractivity contribution in [2.75, 3.05) is 33.9 Å². The van der Waals surface area contributed by atoms with E-state index < -0.39 is 0 Å². The first-order valence-corrected chi connectivity index (χ1v) is 7.49. The highest BCUT2D eigenvalue weighted by atomic mass is 35.5. The van der Waals surface area contributed by atoms with Crippen molar-refractivity contribution in [2.45, 2.75) is 6.54 Å². The van der Waals surface area contributed by atoms with Crippen LogP contribution in [0.4, 0.5) is 0 Å². The fourth-order valence-electron chi connectivity index (χ4n) is 2.00. The van der Waals surface area contributed by atoms with E-state index in [1.54, 1.807) is 23.3 Å². The molecule has 1 aromatic carbocycles. The first-order valence-electron chi connectivity index (χ1n) is 6.61. The number of rotatable bonds is 7. The van der Waals surface area contributed by atoms with Crippen LogP contribution in [0.25, 0.3) is 10.1 Å². The van der Waals surface area contributed by atoms with Crippen LogP contribution in [-0.2, 0) is 16.1 Å². The molecule has 116 valence electrons. The molecule has 2 rings (SSSR count). The molecule has 6 heteroatoms. The van der Waals surface area contributed by atoms with E-state index in [2.05, 4.69) is 22.8 Å². The Hall–Kier alpha value is -1.14. The summed E-state index contributed by atoms with van der Waals surface area (Å²) in [6.45, 7) is 2.31. The number of likely N-dealkylation sites (N-methyl/N-ethyl adjacent to an activating group) is 1. The van der Waals surface area contributed by atoms with Crippen LogP contribution in [0, 0.1) is 0 Å². The maximum Gasteiger partial charge on any atom is 0.236 e. The Kier molecular flexibility index (Phi) is 7.67. The van der Waals surface area contributed by atoms with E-state index >= 15 is 0 Å². The van der Waals surface area contributed by atoms with Gasteiger partial charge in [0, 0.05) is 31.9 Å². The number of nitrogens with zero attached hydrogens (tertiary/aromatic N) is 1. The maximum atomic E-state index is 12.0. The summed E-state index contributed by atoms with van der Waals surface area (Å²) in [7, 11) is 3.49. The molecule has 4 nitrogen and oxygen atoms in total. The molecule has 1 aromatic heterocycles. The zero-order chi connectivity index (χ0) is 14.4. The molecular formula is C15H21ClN2O2S. The molecule has 1 N–H and O–H groups in total. The lowest BCUT2D eigenvalue weighted by Gasteiger charge is -2.17. The largest absolute Gasteiger partial charge is 0.383 e. The number of ether oxygens (including phenoxy) is 1. The number of hydrogen-bond donors (Lipinski definition) is 1. The van der Waals surface area contributed by atoms with Crippen LogP contribution in [-0.4, -0.2) is 44.7 Å². The van der Waals surface area contributed by atoms with Gasteiger partial charge in [-0.1, -0.05) is 18.2 Å². The molecule has 0 aliphatic carbocycles. The summed E-state index contributed by atoms with van der Waals surface area (Å²) < 4.78 is 6.20. The van der Waals surface area contributed by atoms with Crippen molar-refractivity contribution in [3.05, 3.63) is 35.2 Å². The van der Waals surface area contributed by atoms with Crippen molar-refractivity contribution in [2.24, 2.45) is 0 Å². The number of benzene rings is 1. The lowest BCUT2D eigenvalue weighted by atomic mass is 10.2. The van der Waals surface area contributed by atoms with E-state index in [0.717, 1.165) is 0 Å². The van der Waals surface area contributed by atoms with Gasteiger partial charge in [0.1, 0.15) is 0 Å². The molecular weight excluding hydrogens is 308 g/mol. The van der Waals surface area contributed by atoms with Crippen LogP contribution >= 0.6 is 23.7 Å². The van der Waals surface area contributed by atoms with E-state index in [-0.39, 0.29) is 18.3 Å². The van der Waals surface area contributed by atoms with Crippen molar-refractivity contribution in [1.82, 2.24) is 10.2 Å². The Morgan fingerprint density at radius 2 is 2.14 bits per heavy atom. The van der Waals surface area contributed by atoms with Gasteiger partial charge in [0.2, 0.25) is 5.91 Å². The van der Waals surface area contributed by atoms with Crippen LogP contribution in [0.1, 0.15) is 5.56 Å². The van der Waals surface area contributed by atoms with E-state index in [9.17, 15) is 4.79 Å². The average Bonchev–Trinajstić information content (AvgIpc) is 2.87. The predicted octanol–water partition coefficient (Wildman–Crippen LogP) is 2.52. The number of halogens is 1. The van der Waals surface area contributed by atoms with Crippen LogP contribution in [0.2, 0.25) is 0 Å². The SMILES string of the molecule is COCCNCC(=O)N(C)Cc1csc2ccccc12.Cl. The molecule has 0 fully saturated rings. The highest BCUT2D eigenvalue weighted by Gasteiger charge is 2.11. The molecule has 0 saturated heterocycles. The molecule has 0 aliphatic rings. The summed E-state index contributed by atoms with van der Waals surface area (Å²) in [6, 6.07) is 8.29. The Labute approximate surface area is 135 Å². The van der Waals surface area contributed by atoms with Gasteiger partial charge < -0.3 is 15.0 Å². The standard InChI is InChI=1S/C15H20N2O2S.ClH/c1-17(15(18)9-16-7-8-19-2)10-12-11-20-14-6-4-3-5-13(12)14;/h3-6,11,16H,7-10H2,1-2H3;1H. The van der Waals surface area contributed by atoms with Crippen molar-refractivity contribution >= 4 is 39.7 Å². The minimum Gasteiger partial charge on any atom is -0.383 e. The molecule has 0 atom stereocenters. The number of carbonyl (C=O) groups is 1. The number of methoxy groups -OCH3 is 1.